The standard InChI is InChI=1S/C12H24N2O2/c1-2-3-6-11(12(15)16)13-7-10-14-8-4-5-9-14/h11,13H,2-10H2,1H3,(H,15,16). The molecule has 1 saturated heterocycles. The number of carboxylic acid groups (broad SMARTS) is 1. The third-order valence-electron chi connectivity index (χ3n) is 3.16. The van der Waals surface area contributed by atoms with Gasteiger partial charge in [0.1, 0.15) is 6.04 Å². The number of carbonyl (C=O) groups is 1. The number of carboxylic acids is 1. The lowest BCUT2D eigenvalue weighted by Crippen LogP contribution is -2.40. The summed E-state index contributed by atoms with van der Waals surface area (Å²) in [6.45, 7) is 6.21. The molecule has 2 N–H and O–H groups in total. The summed E-state index contributed by atoms with van der Waals surface area (Å²) in [5, 5.41) is 12.2. The third-order valence-corrected chi connectivity index (χ3v) is 3.16. The van der Waals surface area contributed by atoms with Gasteiger partial charge in [-0.1, -0.05) is 19.8 Å². The summed E-state index contributed by atoms with van der Waals surface area (Å²) in [7, 11) is 0. The van der Waals surface area contributed by atoms with Crippen molar-refractivity contribution in [3.63, 3.8) is 0 Å². The predicted molar refractivity (Wildman–Crippen MR) is 64.6 cm³/mol. The van der Waals surface area contributed by atoms with Crippen molar-refractivity contribution in [2.24, 2.45) is 0 Å². The lowest BCUT2D eigenvalue weighted by atomic mass is 10.1. The van der Waals surface area contributed by atoms with E-state index in [1.807, 2.05) is 0 Å². The first-order valence-electron chi connectivity index (χ1n) is 6.42. The maximum Gasteiger partial charge on any atom is 0.320 e. The van der Waals surface area contributed by atoms with E-state index in [2.05, 4.69) is 17.1 Å². The smallest absolute Gasteiger partial charge is 0.320 e. The van der Waals surface area contributed by atoms with Crippen molar-refractivity contribution in [3.05, 3.63) is 0 Å². The molecule has 0 bridgehead atoms. The van der Waals surface area contributed by atoms with Gasteiger partial charge in [-0.05, 0) is 32.4 Å². The van der Waals surface area contributed by atoms with Crippen molar-refractivity contribution >= 4 is 5.97 Å². The summed E-state index contributed by atoms with van der Waals surface area (Å²) in [5.74, 6) is -0.713. The van der Waals surface area contributed by atoms with Gasteiger partial charge in [-0.15, -0.1) is 0 Å². The van der Waals surface area contributed by atoms with Crippen LogP contribution in [0.3, 0.4) is 0 Å². The molecule has 16 heavy (non-hydrogen) atoms. The second kappa shape index (κ2) is 7.63. The first-order valence-corrected chi connectivity index (χ1v) is 6.42. The molecule has 0 radical (unpaired) electrons. The topological polar surface area (TPSA) is 52.6 Å². The van der Waals surface area contributed by atoms with E-state index in [-0.39, 0.29) is 6.04 Å². The van der Waals surface area contributed by atoms with Gasteiger partial charge in [0.25, 0.3) is 0 Å². The Kier molecular flexibility index (Phi) is 6.42. The van der Waals surface area contributed by atoms with E-state index in [1.165, 1.54) is 25.9 Å². The van der Waals surface area contributed by atoms with Crippen molar-refractivity contribution in [1.82, 2.24) is 10.2 Å². The number of nitrogens with zero attached hydrogens (tertiary/aromatic N) is 1. The van der Waals surface area contributed by atoms with Crippen LogP contribution in [0, 0.1) is 0 Å². The summed E-state index contributed by atoms with van der Waals surface area (Å²) in [6.07, 6.45) is 5.35. The van der Waals surface area contributed by atoms with Crippen LogP contribution >= 0.6 is 0 Å². The van der Waals surface area contributed by atoms with Crippen LogP contribution in [-0.2, 0) is 4.79 Å². The molecule has 1 fully saturated rings. The third kappa shape index (κ3) is 4.94. The molecule has 1 rings (SSSR count). The molecule has 0 aromatic rings. The number of hydrogen-bond donors (Lipinski definition) is 2. The van der Waals surface area contributed by atoms with Crippen molar-refractivity contribution in [1.29, 1.82) is 0 Å². The molecule has 4 nitrogen and oxygen atoms in total. The number of aliphatic carboxylic acids is 1. The molecule has 0 aromatic heterocycles. The van der Waals surface area contributed by atoms with Crippen molar-refractivity contribution in [2.45, 2.75) is 45.1 Å². The largest absolute Gasteiger partial charge is 0.480 e. The van der Waals surface area contributed by atoms with Crippen LogP contribution in [0.15, 0.2) is 0 Å². The SMILES string of the molecule is CCCCC(NCCN1CCCC1)C(=O)O. The normalized spacial score (nSPS) is 18.8. The van der Waals surface area contributed by atoms with Crippen LogP contribution in [-0.4, -0.2) is 48.2 Å². The highest BCUT2D eigenvalue weighted by molar-refractivity contribution is 5.73. The van der Waals surface area contributed by atoms with Gasteiger partial charge < -0.3 is 15.3 Å². The van der Waals surface area contributed by atoms with Gasteiger partial charge in [0.2, 0.25) is 0 Å². The van der Waals surface area contributed by atoms with Crippen LogP contribution in [0.2, 0.25) is 0 Å². The minimum absolute atomic E-state index is 0.359. The number of unbranched alkanes of at least 4 members (excludes halogenated alkanes) is 1. The Balaban J connectivity index is 2.13. The second-order valence-corrected chi connectivity index (χ2v) is 4.54. The zero-order valence-corrected chi connectivity index (χ0v) is 10.2. The molecule has 1 aliphatic heterocycles. The number of nitrogens with one attached hydrogen (secondary N) is 1. The summed E-state index contributed by atoms with van der Waals surface area (Å²) in [4.78, 5) is 13.4. The fourth-order valence-corrected chi connectivity index (χ4v) is 2.12. The van der Waals surface area contributed by atoms with E-state index in [4.69, 9.17) is 5.11 Å². The molecule has 1 atom stereocenters. The van der Waals surface area contributed by atoms with Gasteiger partial charge in [0, 0.05) is 13.1 Å². The monoisotopic (exact) mass is 228 g/mol. The minimum Gasteiger partial charge on any atom is -0.480 e. The highest BCUT2D eigenvalue weighted by Gasteiger charge is 2.16. The maximum atomic E-state index is 11.0. The van der Waals surface area contributed by atoms with Gasteiger partial charge in [0.15, 0.2) is 0 Å². The summed E-state index contributed by atoms with van der Waals surface area (Å²) in [5.41, 5.74) is 0. The quantitative estimate of drug-likeness (QED) is 0.658. The highest BCUT2D eigenvalue weighted by atomic mass is 16.4. The Morgan fingerprint density at radius 3 is 2.69 bits per heavy atom. The van der Waals surface area contributed by atoms with Gasteiger partial charge in [-0.2, -0.15) is 0 Å². The number of likely N-dealkylation sites (tertiary alicyclic amines) is 1. The van der Waals surface area contributed by atoms with Crippen LogP contribution < -0.4 is 5.32 Å². The molecule has 0 aliphatic carbocycles. The first-order chi connectivity index (χ1) is 7.74. The Labute approximate surface area is 98.0 Å². The maximum absolute atomic E-state index is 11.0. The lowest BCUT2D eigenvalue weighted by molar-refractivity contribution is -0.139. The van der Waals surface area contributed by atoms with Crippen LogP contribution in [0.25, 0.3) is 0 Å². The fraction of sp³-hybridized carbons (Fsp3) is 0.917. The lowest BCUT2D eigenvalue weighted by Gasteiger charge is -2.18. The molecule has 94 valence electrons. The molecule has 0 saturated carbocycles. The Morgan fingerprint density at radius 1 is 1.44 bits per heavy atom. The van der Waals surface area contributed by atoms with E-state index in [9.17, 15) is 4.79 Å². The number of rotatable bonds is 8. The van der Waals surface area contributed by atoms with Gasteiger partial charge >= 0.3 is 5.97 Å². The first kappa shape index (κ1) is 13.5. The van der Waals surface area contributed by atoms with E-state index >= 15 is 0 Å². The average molecular weight is 228 g/mol. The molecule has 0 spiro atoms. The van der Waals surface area contributed by atoms with Crippen LogP contribution in [0.5, 0.6) is 0 Å². The minimum atomic E-state index is -0.713. The van der Waals surface area contributed by atoms with Crippen molar-refractivity contribution < 1.29 is 9.90 Å². The summed E-state index contributed by atoms with van der Waals surface area (Å²) < 4.78 is 0. The Hall–Kier alpha value is -0.610. The van der Waals surface area contributed by atoms with Crippen molar-refractivity contribution in [3.8, 4) is 0 Å². The van der Waals surface area contributed by atoms with Gasteiger partial charge in [0.05, 0.1) is 0 Å². The summed E-state index contributed by atoms with van der Waals surface area (Å²) in [6, 6.07) is -0.359. The molecule has 0 amide bonds. The second-order valence-electron chi connectivity index (χ2n) is 4.54. The molecule has 1 aliphatic rings. The average Bonchev–Trinajstić information content (AvgIpc) is 2.75. The van der Waals surface area contributed by atoms with E-state index < -0.39 is 5.97 Å². The molecular formula is C12H24N2O2. The van der Waals surface area contributed by atoms with Crippen LogP contribution in [0.1, 0.15) is 39.0 Å². The predicted octanol–water partition coefficient (Wildman–Crippen LogP) is 1.32. The van der Waals surface area contributed by atoms with E-state index in [0.717, 1.165) is 32.4 Å². The van der Waals surface area contributed by atoms with Gasteiger partial charge in [-0.25, -0.2) is 0 Å². The van der Waals surface area contributed by atoms with E-state index in [1.54, 1.807) is 0 Å². The Morgan fingerprint density at radius 2 is 2.12 bits per heavy atom. The summed E-state index contributed by atoms with van der Waals surface area (Å²) >= 11 is 0. The Bertz CT molecular complexity index is 203. The van der Waals surface area contributed by atoms with Crippen molar-refractivity contribution in [2.75, 3.05) is 26.2 Å². The number of hydrogen-bond acceptors (Lipinski definition) is 3. The van der Waals surface area contributed by atoms with E-state index in [0.29, 0.717) is 0 Å². The highest BCUT2D eigenvalue weighted by Crippen LogP contribution is 2.06. The molecular weight excluding hydrogens is 204 g/mol. The molecule has 0 aromatic carbocycles. The molecule has 1 unspecified atom stereocenters. The van der Waals surface area contributed by atoms with Crippen LogP contribution in [0.4, 0.5) is 0 Å². The molecule has 1 heterocycles. The zero-order valence-electron chi connectivity index (χ0n) is 10.2. The molecule has 4 heteroatoms. The zero-order chi connectivity index (χ0) is 11.8. The fourth-order valence-electron chi connectivity index (χ4n) is 2.12. The van der Waals surface area contributed by atoms with Gasteiger partial charge in [-0.3, -0.25) is 4.79 Å².